The molecular formula is C18H17ClN2O2. The molecule has 0 heterocycles. The summed E-state index contributed by atoms with van der Waals surface area (Å²) in [4.78, 5) is 24.2. The van der Waals surface area contributed by atoms with Crippen LogP contribution in [0.4, 0.5) is 5.69 Å². The fourth-order valence-electron chi connectivity index (χ4n) is 2.66. The minimum absolute atomic E-state index is 0.0348. The molecule has 1 fully saturated rings. The lowest BCUT2D eigenvalue weighted by Gasteiger charge is -2.16. The van der Waals surface area contributed by atoms with Gasteiger partial charge < -0.3 is 10.6 Å². The van der Waals surface area contributed by atoms with Crippen molar-refractivity contribution in [2.75, 3.05) is 12.4 Å². The van der Waals surface area contributed by atoms with Crippen molar-refractivity contribution in [3.05, 3.63) is 64.7 Å². The minimum atomic E-state index is -0.482. The number of carbonyl (C=O) groups excluding carboxylic acids is 2. The van der Waals surface area contributed by atoms with Gasteiger partial charge >= 0.3 is 0 Å². The molecule has 118 valence electrons. The van der Waals surface area contributed by atoms with Gasteiger partial charge in [-0.15, -0.1) is 0 Å². The van der Waals surface area contributed by atoms with Crippen LogP contribution in [0.5, 0.6) is 0 Å². The molecule has 3 rings (SSSR count). The number of amides is 2. The number of hydrogen-bond donors (Lipinski definition) is 2. The van der Waals surface area contributed by atoms with Crippen molar-refractivity contribution in [1.29, 1.82) is 0 Å². The topological polar surface area (TPSA) is 58.2 Å². The molecule has 0 bridgehead atoms. The summed E-state index contributed by atoms with van der Waals surface area (Å²) < 4.78 is 0. The second-order valence-corrected chi connectivity index (χ2v) is 6.14. The van der Waals surface area contributed by atoms with Crippen LogP contribution in [-0.4, -0.2) is 18.9 Å². The zero-order valence-corrected chi connectivity index (χ0v) is 13.5. The first kappa shape index (κ1) is 15.6. The van der Waals surface area contributed by atoms with E-state index in [9.17, 15) is 9.59 Å². The number of nitrogens with one attached hydrogen (secondary N) is 2. The first-order valence-electron chi connectivity index (χ1n) is 7.45. The Labute approximate surface area is 139 Å². The van der Waals surface area contributed by atoms with Gasteiger partial charge in [-0.1, -0.05) is 23.7 Å². The largest absolute Gasteiger partial charge is 0.355 e. The number of rotatable bonds is 4. The first-order chi connectivity index (χ1) is 11.0. The monoisotopic (exact) mass is 328 g/mol. The second kappa shape index (κ2) is 6.05. The Morgan fingerprint density at radius 1 is 1.09 bits per heavy atom. The molecule has 0 atom stereocenters. The number of hydrogen-bond acceptors (Lipinski definition) is 2. The maximum absolute atomic E-state index is 12.6. The maximum Gasteiger partial charge on any atom is 0.251 e. The Morgan fingerprint density at radius 2 is 1.78 bits per heavy atom. The van der Waals surface area contributed by atoms with Crippen LogP contribution >= 0.6 is 11.6 Å². The molecule has 2 aromatic rings. The van der Waals surface area contributed by atoms with E-state index in [0.29, 0.717) is 16.3 Å². The van der Waals surface area contributed by atoms with Crippen molar-refractivity contribution in [1.82, 2.24) is 5.32 Å². The van der Waals surface area contributed by atoms with Crippen LogP contribution in [-0.2, 0) is 10.2 Å². The number of halogens is 1. The normalized spacial score (nSPS) is 14.9. The maximum atomic E-state index is 12.6. The van der Waals surface area contributed by atoms with E-state index in [1.807, 2.05) is 18.2 Å². The summed E-state index contributed by atoms with van der Waals surface area (Å²) in [6, 6.07) is 14.3. The van der Waals surface area contributed by atoms with Crippen LogP contribution in [0.15, 0.2) is 48.5 Å². The number of carbonyl (C=O) groups is 2. The molecule has 0 radical (unpaired) electrons. The third kappa shape index (κ3) is 3.08. The van der Waals surface area contributed by atoms with Crippen molar-refractivity contribution in [2.24, 2.45) is 0 Å². The van der Waals surface area contributed by atoms with E-state index >= 15 is 0 Å². The molecule has 0 aromatic heterocycles. The predicted octanol–water partition coefficient (Wildman–Crippen LogP) is 3.37. The third-order valence-corrected chi connectivity index (χ3v) is 4.43. The lowest BCUT2D eigenvalue weighted by Crippen LogP contribution is -2.27. The molecule has 23 heavy (non-hydrogen) atoms. The summed E-state index contributed by atoms with van der Waals surface area (Å²) in [6.07, 6.45) is 1.63. The molecule has 1 aliphatic carbocycles. The van der Waals surface area contributed by atoms with Gasteiger partial charge in [0.05, 0.1) is 5.41 Å². The highest BCUT2D eigenvalue weighted by Crippen LogP contribution is 2.49. The van der Waals surface area contributed by atoms with Gasteiger partial charge in [0.25, 0.3) is 5.91 Å². The van der Waals surface area contributed by atoms with Crippen molar-refractivity contribution in [3.63, 3.8) is 0 Å². The second-order valence-electron chi connectivity index (χ2n) is 5.70. The van der Waals surface area contributed by atoms with Gasteiger partial charge in [0, 0.05) is 23.3 Å². The van der Waals surface area contributed by atoms with E-state index in [2.05, 4.69) is 10.6 Å². The van der Waals surface area contributed by atoms with Gasteiger partial charge in [0.2, 0.25) is 5.91 Å². The van der Waals surface area contributed by atoms with Crippen molar-refractivity contribution in [3.8, 4) is 0 Å². The van der Waals surface area contributed by atoms with Gasteiger partial charge in [-0.2, -0.15) is 0 Å². The molecule has 1 saturated carbocycles. The summed E-state index contributed by atoms with van der Waals surface area (Å²) in [7, 11) is 1.58. The fourth-order valence-corrected chi connectivity index (χ4v) is 2.85. The van der Waals surface area contributed by atoms with Crippen molar-refractivity contribution < 1.29 is 9.59 Å². The zero-order valence-electron chi connectivity index (χ0n) is 12.7. The van der Waals surface area contributed by atoms with E-state index in [1.165, 1.54) is 0 Å². The van der Waals surface area contributed by atoms with Crippen LogP contribution < -0.4 is 10.6 Å². The van der Waals surface area contributed by atoms with Gasteiger partial charge in [0.15, 0.2) is 0 Å². The molecule has 2 amide bonds. The van der Waals surface area contributed by atoms with E-state index in [0.717, 1.165) is 18.4 Å². The summed E-state index contributed by atoms with van der Waals surface area (Å²) >= 11 is 6.03. The van der Waals surface area contributed by atoms with Crippen LogP contribution in [0.3, 0.4) is 0 Å². The summed E-state index contributed by atoms with van der Waals surface area (Å²) in [5.41, 5.74) is 1.70. The van der Waals surface area contributed by atoms with Gasteiger partial charge in [-0.25, -0.2) is 0 Å². The molecule has 5 heteroatoms. The highest BCUT2D eigenvalue weighted by Gasteiger charge is 2.51. The van der Waals surface area contributed by atoms with E-state index in [4.69, 9.17) is 11.6 Å². The lowest BCUT2D eigenvalue weighted by atomic mass is 9.95. The first-order valence-corrected chi connectivity index (χ1v) is 7.83. The Bertz CT molecular complexity index is 752. The summed E-state index contributed by atoms with van der Waals surface area (Å²) in [5, 5.41) is 6.13. The van der Waals surface area contributed by atoms with Crippen LogP contribution in [0.25, 0.3) is 0 Å². The Morgan fingerprint density at radius 3 is 2.35 bits per heavy atom. The van der Waals surface area contributed by atoms with E-state index in [-0.39, 0.29) is 11.8 Å². The van der Waals surface area contributed by atoms with Crippen molar-refractivity contribution in [2.45, 2.75) is 18.3 Å². The highest BCUT2D eigenvalue weighted by atomic mass is 35.5. The SMILES string of the molecule is CNC(=O)c1ccc(NC(=O)C2(c3cccc(Cl)c3)CC2)cc1. The van der Waals surface area contributed by atoms with Crippen LogP contribution in [0, 0.1) is 0 Å². The average molecular weight is 329 g/mol. The van der Waals surface area contributed by atoms with Crippen LogP contribution in [0.1, 0.15) is 28.8 Å². The van der Waals surface area contributed by atoms with Crippen molar-refractivity contribution >= 4 is 29.1 Å². The van der Waals surface area contributed by atoms with Gasteiger partial charge in [0.1, 0.15) is 0 Å². The Balaban J connectivity index is 1.75. The van der Waals surface area contributed by atoms with Gasteiger partial charge in [-0.05, 0) is 54.8 Å². The molecule has 4 nitrogen and oxygen atoms in total. The summed E-state index contributed by atoms with van der Waals surface area (Å²) in [5.74, 6) is -0.187. The average Bonchev–Trinajstić information content (AvgIpc) is 3.37. The predicted molar refractivity (Wildman–Crippen MR) is 90.8 cm³/mol. The standard InChI is InChI=1S/C18H17ClN2O2/c1-20-16(22)12-5-7-15(8-6-12)21-17(23)18(9-10-18)13-3-2-4-14(19)11-13/h2-8,11H,9-10H2,1H3,(H,20,22)(H,21,23). The molecule has 0 unspecified atom stereocenters. The van der Waals surface area contributed by atoms with Gasteiger partial charge in [-0.3, -0.25) is 9.59 Å². The summed E-state index contributed by atoms with van der Waals surface area (Å²) in [6.45, 7) is 0. The van der Waals surface area contributed by atoms with Crippen LogP contribution in [0.2, 0.25) is 5.02 Å². The van der Waals surface area contributed by atoms with E-state index < -0.39 is 5.41 Å². The molecular weight excluding hydrogens is 312 g/mol. The molecule has 0 aliphatic heterocycles. The Kier molecular flexibility index (Phi) is 4.09. The molecule has 1 aliphatic rings. The smallest absolute Gasteiger partial charge is 0.251 e. The number of benzene rings is 2. The van der Waals surface area contributed by atoms with E-state index in [1.54, 1.807) is 37.4 Å². The molecule has 2 aromatic carbocycles. The molecule has 0 saturated heterocycles. The quantitative estimate of drug-likeness (QED) is 0.904. The third-order valence-electron chi connectivity index (χ3n) is 4.19. The number of anilines is 1. The Hall–Kier alpha value is -2.33. The zero-order chi connectivity index (χ0) is 16.4. The molecule has 2 N–H and O–H groups in total. The minimum Gasteiger partial charge on any atom is -0.355 e. The molecule has 0 spiro atoms. The fraction of sp³-hybridized carbons (Fsp3) is 0.222. The highest BCUT2D eigenvalue weighted by molar-refractivity contribution is 6.30. The lowest BCUT2D eigenvalue weighted by molar-refractivity contribution is -0.118.